The summed E-state index contributed by atoms with van der Waals surface area (Å²) in [7, 11) is 3.11. The van der Waals surface area contributed by atoms with E-state index < -0.39 is 0 Å². The minimum atomic E-state index is -0.269. The van der Waals surface area contributed by atoms with E-state index in [9.17, 15) is 9.59 Å². The molecule has 1 aromatic rings. The molecule has 1 rings (SSSR count). The van der Waals surface area contributed by atoms with E-state index in [4.69, 9.17) is 22.7 Å². The number of nitrogens with zero attached hydrogens (tertiary/aromatic N) is 1. The molecule has 0 aromatic heterocycles. The second-order valence-corrected chi connectivity index (χ2v) is 4.89. The lowest BCUT2D eigenvalue weighted by atomic mass is 10.1. The van der Waals surface area contributed by atoms with Crippen molar-refractivity contribution in [3.05, 3.63) is 35.4 Å². The Kier molecular flexibility index (Phi) is 6.77. The van der Waals surface area contributed by atoms with Crippen molar-refractivity contribution in [2.45, 2.75) is 0 Å². The van der Waals surface area contributed by atoms with Gasteiger partial charge in [-0.2, -0.15) is 0 Å². The molecule has 0 aliphatic heterocycles. The Bertz CT molecular complexity index is 534. The van der Waals surface area contributed by atoms with Crippen molar-refractivity contribution >= 4 is 29.0 Å². The maximum Gasteiger partial charge on any atom is 0.254 e. The van der Waals surface area contributed by atoms with Gasteiger partial charge in [-0.15, -0.1) is 0 Å². The van der Waals surface area contributed by atoms with Crippen molar-refractivity contribution in [3.63, 3.8) is 0 Å². The summed E-state index contributed by atoms with van der Waals surface area (Å²) >= 11 is 4.88. The van der Waals surface area contributed by atoms with Crippen molar-refractivity contribution < 1.29 is 14.3 Å². The Morgan fingerprint density at radius 3 is 2.67 bits per heavy atom. The molecule has 0 fully saturated rings. The highest BCUT2D eigenvalue weighted by Gasteiger charge is 2.15. The largest absolute Gasteiger partial charge is 0.389 e. The number of benzene rings is 1. The molecular formula is C14H19N3O3S. The number of amides is 2. The van der Waals surface area contributed by atoms with Crippen LogP contribution in [0.4, 0.5) is 0 Å². The topological polar surface area (TPSA) is 84.7 Å². The summed E-state index contributed by atoms with van der Waals surface area (Å²) in [6.07, 6.45) is 0. The average molecular weight is 309 g/mol. The lowest BCUT2D eigenvalue weighted by Crippen LogP contribution is -2.39. The van der Waals surface area contributed by atoms with Crippen molar-refractivity contribution in [3.8, 4) is 0 Å². The number of rotatable bonds is 7. The summed E-state index contributed by atoms with van der Waals surface area (Å²) in [5.41, 5.74) is 6.59. The number of hydrogen-bond donors (Lipinski definition) is 2. The smallest absolute Gasteiger partial charge is 0.254 e. The number of likely N-dealkylation sites (N-methyl/N-ethyl adjacent to an activating group) is 1. The van der Waals surface area contributed by atoms with Crippen molar-refractivity contribution in [2.75, 3.05) is 33.9 Å². The van der Waals surface area contributed by atoms with Crippen LogP contribution in [0, 0.1) is 0 Å². The van der Waals surface area contributed by atoms with E-state index in [0.717, 1.165) is 0 Å². The molecule has 0 heterocycles. The number of nitrogens with one attached hydrogen (secondary N) is 1. The van der Waals surface area contributed by atoms with Gasteiger partial charge in [0.05, 0.1) is 13.2 Å². The summed E-state index contributed by atoms with van der Waals surface area (Å²) in [5, 5.41) is 2.65. The monoisotopic (exact) mass is 309 g/mol. The van der Waals surface area contributed by atoms with Crippen LogP contribution in [0.3, 0.4) is 0 Å². The van der Waals surface area contributed by atoms with Crippen LogP contribution in [-0.2, 0) is 9.53 Å². The van der Waals surface area contributed by atoms with Gasteiger partial charge >= 0.3 is 0 Å². The minimum absolute atomic E-state index is 0.0279. The maximum atomic E-state index is 12.2. The number of nitrogens with two attached hydrogens (primary N) is 1. The van der Waals surface area contributed by atoms with Gasteiger partial charge in [-0.05, 0) is 12.1 Å². The van der Waals surface area contributed by atoms with Crippen LogP contribution in [-0.4, -0.2) is 55.6 Å². The summed E-state index contributed by atoms with van der Waals surface area (Å²) in [4.78, 5) is 25.4. The molecule has 21 heavy (non-hydrogen) atoms. The quantitative estimate of drug-likeness (QED) is 0.553. The molecule has 3 N–H and O–H groups in total. The second-order valence-electron chi connectivity index (χ2n) is 4.45. The molecule has 0 aliphatic rings. The average Bonchev–Trinajstić information content (AvgIpc) is 2.46. The highest BCUT2D eigenvalue weighted by atomic mass is 32.1. The zero-order valence-corrected chi connectivity index (χ0v) is 12.9. The van der Waals surface area contributed by atoms with Crippen LogP contribution >= 0.6 is 12.2 Å². The van der Waals surface area contributed by atoms with Gasteiger partial charge in [-0.3, -0.25) is 9.59 Å². The summed E-state index contributed by atoms with van der Waals surface area (Å²) < 4.78 is 4.83. The summed E-state index contributed by atoms with van der Waals surface area (Å²) in [6, 6.07) is 6.71. The maximum absolute atomic E-state index is 12.2. The van der Waals surface area contributed by atoms with E-state index in [0.29, 0.717) is 24.3 Å². The molecule has 0 saturated carbocycles. The predicted octanol–water partition coefficient (Wildman–Crippen LogP) is 0.155. The van der Waals surface area contributed by atoms with Gasteiger partial charge in [0, 0.05) is 31.8 Å². The molecule has 0 spiro atoms. The summed E-state index contributed by atoms with van der Waals surface area (Å²) in [5.74, 6) is -0.511. The van der Waals surface area contributed by atoms with Crippen molar-refractivity contribution in [1.29, 1.82) is 0 Å². The van der Waals surface area contributed by atoms with E-state index in [1.165, 1.54) is 4.90 Å². The number of hydrogen-bond acceptors (Lipinski definition) is 4. The number of thiocarbonyl (C=S) groups is 1. The highest BCUT2D eigenvalue weighted by Crippen LogP contribution is 2.07. The van der Waals surface area contributed by atoms with Crippen LogP contribution in [0.1, 0.15) is 15.9 Å². The van der Waals surface area contributed by atoms with Gasteiger partial charge in [0.15, 0.2) is 0 Å². The van der Waals surface area contributed by atoms with E-state index in [1.807, 2.05) is 0 Å². The molecule has 0 unspecified atom stereocenters. The van der Waals surface area contributed by atoms with Crippen molar-refractivity contribution in [2.24, 2.45) is 5.73 Å². The Hall–Kier alpha value is -1.99. The van der Waals surface area contributed by atoms with Crippen LogP contribution in [0.15, 0.2) is 24.3 Å². The van der Waals surface area contributed by atoms with E-state index in [-0.39, 0.29) is 23.3 Å². The van der Waals surface area contributed by atoms with E-state index in [2.05, 4.69) is 5.32 Å². The molecule has 0 bridgehead atoms. The molecule has 6 nitrogen and oxygen atoms in total. The van der Waals surface area contributed by atoms with Crippen LogP contribution in [0.25, 0.3) is 0 Å². The van der Waals surface area contributed by atoms with Gasteiger partial charge in [0.1, 0.15) is 4.99 Å². The van der Waals surface area contributed by atoms with Gasteiger partial charge in [-0.1, -0.05) is 24.4 Å². The normalized spacial score (nSPS) is 10.0. The third-order valence-electron chi connectivity index (χ3n) is 2.75. The molecular weight excluding hydrogens is 290 g/mol. The minimum Gasteiger partial charge on any atom is -0.389 e. The standard InChI is InChI=1S/C14H19N3O3S/c1-17(9-12(18)16-6-7-20-2)14(19)11-5-3-4-10(8-11)13(15)21/h3-5,8H,6-7,9H2,1-2H3,(H2,15,21)(H,16,18). The Balaban J connectivity index is 2.63. The molecule has 1 aromatic carbocycles. The van der Waals surface area contributed by atoms with E-state index >= 15 is 0 Å². The first kappa shape index (κ1) is 17.1. The summed E-state index contributed by atoms with van der Waals surface area (Å²) in [6.45, 7) is 0.813. The molecule has 0 saturated heterocycles. The lowest BCUT2D eigenvalue weighted by Gasteiger charge is -2.17. The molecule has 2 amide bonds. The highest BCUT2D eigenvalue weighted by molar-refractivity contribution is 7.80. The van der Waals surface area contributed by atoms with Crippen molar-refractivity contribution in [1.82, 2.24) is 10.2 Å². The first-order chi connectivity index (χ1) is 9.95. The molecule has 0 atom stereocenters. The van der Waals surface area contributed by atoms with Gasteiger partial charge in [0.2, 0.25) is 5.91 Å². The first-order valence-corrected chi connectivity index (χ1v) is 6.77. The Morgan fingerprint density at radius 1 is 1.38 bits per heavy atom. The number of ether oxygens (including phenoxy) is 1. The van der Waals surface area contributed by atoms with Crippen LogP contribution < -0.4 is 11.1 Å². The number of carbonyl (C=O) groups is 2. The van der Waals surface area contributed by atoms with Gasteiger partial charge in [0.25, 0.3) is 5.91 Å². The zero-order chi connectivity index (χ0) is 15.8. The predicted molar refractivity (Wildman–Crippen MR) is 84.2 cm³/mol. The Morgan fingerprint density at radius 2 is 2.05 bits per heavy atom. The van der Waals surface area contributed by atoms with Crippen LogP contribution in [0.5, 0.6) is 0 Å². The first-order valence-electron chi connectivity index (χ1n) is 6.36. The van der Waals surface area contributed by atoms with Gasteiger partial charge in [-0.25, -0.2) is 0 Å². The molecule has 7 heteroatoms. The third-order valence-corrected chi connectivity index (χ3v) is 2.99. The fourth-order valence-electron chi connectivity index (χ4n) is 1.66. The molecule has 114 valence electrons. The third kappa shape index (κ3) is 5.49. The second kappa shape index (κ2) is 8.33. The fraction of sp³-hybridized carbons (Fsp3) is 0.357. The van der Waals surface area contributed by atoms with Crippen LogP contribution in [0.2, 0.25) is 0 Å². The fourth-order valence-corrected chi connectivity index (χ4v) is 1.79. The van der Waals surface area contributed by atoms with E-state index in [1.54, 1.807) is 38.4 Å². The van der Waals surface area contributed by atoms with Gasteiger partial charge < -0.3 is 20.7 Å². The zero-order valence-electron chi connectivity index (χ0n) is 12.1. The number of carbonyl (C=O) groups excluding carboxylic acids is 2. The molecule has 0 radical (unpaired) electrons. The number of methoxy groups -OCH3 is 1. The molecule has 0 aliphatic carbocycles. The lowest BCUT2D eigenvalue weighted by molar-refractivity contribution is -0.121. The Labute approximate surface area is 129 Å². The SMILES string of the molecule is COCCNC(=O)CN(C)C(=O)c1cccc(C(N)=S)c1.